The van der Waals surface area contributed by atoms with Gasteiger partial charge in [-0.15, -0.1) is 0 Å². The molecule has 0 bridgehead atoms. The van der Waals surface area contributed by atoms with E-state index < -0.39 is 0 Å². The Hall–Kier alpha value is -0.960. The molecule has 0 aromatic carbocycles. The lowest BCUT2D eigenvalue weighted by molar-refractivity contribution is 0.525. The number of hydrogen-bond acceptors (Lipinski definition) is 2. The Balaban J connectivity index is 1.91. The first-order chi connectivity index (χ1) is 7.20. The maximum Gasteiger partial charge on any atom is 0.141 e. The molecule has 3 unspecified atom stereocenters. The van der Waals surface area contributed by atoms with Gasteiger partial charge < -0.3 is 5.32 Å². The molecule has 2 rings (SSSR count). The quantitative estimate of drug-likeness (QED) is 0.822. The molecule has 1 aromatic rings. The summed E-state index contributed by atoms with van der Waals surface area (Å²) < 4.78 is 12.7. The van der Waals surface area contributed by atoms with E-state index in [4.69, 9.17) is 0 Å². The second kappa shape index (κ2) is 4.27. The average molecular weight is 208 g/mol. The maximum absolute atomic E-state index is 12.7. The lowest BCUT2D eigenvalue weighted by Crippen LogP contribution is -2.23. The number of hydrogen-bond donors (Lipinski definition) is 1. The fourth-order valence-corrected chi connectivity index (χ4v) is 1.95. The van der Waals surface area contributed by atoms with Crippen molar-refractivity contribution >= 4 is 0 Å². The number of halogens is 1. The lowest BCUT2D eigenvalue weighted by Gasteiger charge is -2.12. The summed E-state index contributed by atoms with van der Waals surface area (Å²) in [6.07, 6.45) is 3.78. The van der Waals surface area contributed by atoms with Crippen LogP contribution in [0.3, 0.4) is 0 Å². The number of aromatic nitrogens is 1. The third-order valence-corrected chi connectivity index (χ3v) is 3.10. The first kappa shape index (κ1) is 10.6. The minimum absolute atomic E-state index is 0.215. The number of pyridine rings is 1. The van der Waals surface area contributed by atoms with Gasteiger partial charge in [-0.3, -0.25) is 4.98 Å². The van der Waals surface area contributed by atoms with Crippen molar-refractivity contribution in [3.8, 4) is 0 Å². The highest BCUT2D eigenvalue weighted by atomic mass is 19.1. The van der Waals surface area contributed by atoms with E-state index in [1.54, 1.807) is 6.07 Å². The molecule has 1 aromatic heterocycles. The maximum atomic E-state index is 12.7. The molecule has 0 aliphatic heterocycles. The van der Waals surface area contributed by atoms with Gasteiger partial charge in [0.2, 0.25) is 0 Å². The molecule has 15 heavy (non-hydrogen) atoms. The van der Waals surface area contributed by atoms with Gasteiger partial charge >= 0.3 is 0 Å². The van der Waals surface area contributed by atoms with Crippen LogP contribution >= 0.6 is 0 Å². The van der Waals surface area contributed by atoms with Crippen molar-refractivity contribution in [2.75, 3.05) is 0 Å². The third-order valence-electron chi connectivity index (χ3n) is 3.10. The van der Waals surface area contributed by atoms with E-state index in [0.717, 1.165) is 11.6 Å². The van der Waals surface area contributed by atoms with Crippen LogP contribution in [0.2, 0.25) is 0 Å². The Bertz CT molecular complexity index is 323. The van der Waals surface area contributed by atoms with Crippen LogP contribution in [0.1, 0.15) is 38.4 Å². The van der Waals surface area contributed by atoms with Gasteiger partial charge in [0.25, 0.3) is 0 Å². The van der Waals surface area contributed by atoms with Gasteiger partial charge in [-0.05, 0) is 31.4 Å². The van der Waals surface area contributed by atoms with Crippen molar-refractivity contribution in [3.05, 3.63) is 29.8 Å². The summed E-state index contributed by atoms with van der Waals surface area (Å²) in [5.41, 5.74) is 0.915. The minimum Gasteiger partial charge on any atom is -0.306 e. The summed E-state index contributed by atoms with van der Waals surface area (Å²) in [7, 11) is 0. The predicted octanol–water partition coefficient (Wildman–Crippen LogP) is 2.67. The van der Waals surface area contributed by atoms with Gasteiger partial charge in [-0.2, -0.15) is 0 Å². The molecule has 0 saturated heterocycles. The SMILES string of the molecule is CCC1CC1NC(C)c1ccc(F)cn1. The fraction of sp³-hybridized carbons (Fsp3) is 0.583. The summed E-state index contributed by atoms with van der Waals surface area (Å²) in [4.78, 5) is 4.07. The van der Waals surface area contributed by atoms with Crippen LogP contribution in [-0.2, 0) is 0 Å². The minimum atomic E-state index is -0.274. The first-order valence-corrected chi connectivity index (χ1v) is 5.58. The van der Waals surface area contributed by atoms with E-state index in [-0.39, 0.29) is 11.9 Å². The Morgan fingerprint density at radius 2 is 2.40 bits per heavy atom. The van der Waals surface area contributed by atoms with Crippen LogP contribution < -0.4 is 5.32 Å². The molecule has 82 valence electrons. The third kappa shape index (κ3) is 2.53. The predicted molar refractivity (Wildman–Crippen MR) is 57.9 cm³/mol. The van der Waals surface area contributed by atoms with Crippen molar-refractivity contribution in [2.45, 2.75) is 38.8 Å². The Labute approximate surface area is 89.9 Å². The number of nitrogens with zero attached hydrogens (tertiary/aromatic N) is 1. The lowest BCUT2D eigenvalue weighted by atomic mass is 10.2. The molecule has 1 heterocycles. The molecule has 1 fully saturated rings. The van der Waals surface area contributed by atoms with Crippen LogP contribution in [-0.4, -0.2) is 11.0 Å². The van der Waals surface area contributed by atoms with E-state index >= 15 is 0 Å². The van der Waals surface area contributed by atoms with Crippen molar-refractivity contribution in [2.24, 2.45) is 5.92 Å². The number of nitrogens with one attached hydrogen (secondary N) is 1. The molecule has 1 N–H and O–H groups in total. The zero-order valence-electron chi connectivity index (χ0n) is 9.20. The normalized spacial score (nSPS) is 26.3. The van der Waals surface area contributed by atoms with Crippen LogP contribution in [0.5, 0.6) is 0 Å². The Kier molecular flexibility index (Phi) is 3.00. The summed E-state index contributed by atoms with van der Waals surface area (Å²) >= 11 is 0. The topological polar surface area (TPSA) is 24.9 Å². The molecule has 0 spiro atoms. The van der Waals surface area contributed by atoms with E-state index in [2.05, 4.69) is 24.1 Å². The monoisotopic (exact) mass is 208 g/mol. The highest BCUT2D eigenvalue weighted by Crippen LogP contribution is 2.34. The summed E-state index contributed by atoms with van der Waals surface area (Å²) in [6.45, 7) is 4.29. The molecule has 0 amide bonds. The van der Waals surface area contributed by atoms with Gasteiger partial charge in [0, 0.05) is 12.1 Å². The molecule has 3 heteroatoms. The van der Waals surface area contributed by atoms with Crippen molar-refractivity contribution in [1.29, 1.82) is 0 Å². The van der Waals surface area contributed by atoms with E-state index in [1.807, 2.05) is 0 Å². The second-order valence-electron chi connectivity index (χ2n) is 4.30. The zero-order valence-corrected chi connectivity index (χ0v) is 9.20. The van der Waals surface area contributed by atoms with Crippen molar-refractivity contribution in [3.63, 3.8) is 0 Å². The van der Waals surface area contributed by atoms with Crippen molar-refractivity contribution in [1.82, 2.24) is 10.3 Å². The van der Waals surface area contributed by atoms with E-state index in [1.165, 1.54) is 25.1 Å². The van der Waals surface area contributed by atoms with Gasteiger partial charge in [0.1, 0.15) is 5.82 Å². The Morgan fingerprint density at radius 1 is 1.60 bits per heavy atom. The molecule has 1 aliphatic rings. The second-order valence-corrected chi connectivity index (χ2v) is 4.30. The summed E-state index contributed by atoms with van der Waals surface area (Å²) in [5.74, 6) is 0.553. The molecule has 1 aliphatic carbocycles. The van der Waals surface area contributed by atoms with E-state index in [0.29, 0.717) is 6.04 Å². The Morgan fingerprint density at radius 3 is 2.93 bits per heavy atom. The van der Waals surface area contributed by atoms with Crippen LogP contribution in [0.15, 0.2) is 18.3 Å². The highest BCUT2D eigenvalue weighted by molar-refractivity contribution is 5.10. The van der Waals surface area contributed by atoms with Crippen LogP contribution in [0.25, 0.3) is 0 Å². The summed E-state index contributed by atoms with van der Waals surface area (Å²) in [6, 6.07) is 4.06. The van der Waals surface area contributed by atoms with Gasteiger partial charge in [-0.25, -0.2) is 4.39 Å². The van der Waals surface area contributed by atoms with Gasteiger partial charge in [-0.1, -0.05) is 13.3 Å². The van der Waals surface area contributed by atoms with Crippen molar-refractivity contribution < 1.29 is 4.39 Å². The molecular formula is C12H17FN2. The first-order valence-electron chi connectivity index (χ1n) is 5.58. The average Bonchev–Trinajstić information content (AvgIpc) is 2.97. The largest absolute Gasteiger partial charge is 0.306 e. The highest BCUT2D eigenvalue weighted by Gasteiger charge is 2.36. The molecule has 1 saturated carbocycles. The summed E-state index contributed by atoms with van der Waals surface area (Å²) in [5, 5.41) is 3.51. The van der Waals surface area contributed by atoms with Gasteiger partial charge in [0.05, 0.1) is 11.9 Å². The molecule has 0 radical (unpaired) electrons. The fourth-order valence-electron chi connectivity index (χ4n) is 1.95. The molecule has 2 nitrogen and oxygen atoms in total. The zero-order chi connectivity index (χ0) is 10.8. The van der Waals surface area contributed by atoms with Crippen LogP contribution in [0, 0.1) is 11.7 Å². The van der Waals surface area contributed by atoms with Gasteiger partial charge in [0.15, 0.2) is 0 Å². The standard InChI is InChI=1S/C12H17FN2/c1-3-9-6-12(9)15-8(2)11-5-4-10(13)7-14-11/h4-5,7-9,12,15H,3,6H2,1-2H3. The van der Waals surface area contributed by atoms with Crippen LogP contribution in [0.4, 0.5) is 4.39 Å². The molecule has 3 atom stereocenters. The number of rotatable bonds is 4. The van der Waals surface area contributed by atoms with E-state index in [9.17, 15) is 4.39 Å². The smallest absolute Gasteiger partial charge is 0.141 e. The molecular weight excluding hydrogens is 191 g/mol.